The van der Waals surface area contributed by atoms with Crippen molar-refractivity contribution in [2.24, 2.45) is 0 Å². The van der Waals surface area contributed by atoms with Crippen LogP contribution in [0.1, 0.15) is 37.4 Å². The van der Waals surface area contributed by atoms with Crippen molar-refractivity contribution in [3.8, 4) is 5.75 Å². The number of amides is 1. The van der Waals surface area contributed by atoms with Gasteiger partial charge in [0.1, 0.15) is 11.4 Å². The molecule has 6 nitrogen and oxygen atoms in total. The maximum absolute atomic E-state index is 12.3. The Labute approximate surface area is 151 Å². The van der Waals surface area contributed by atoms with Crippen molar-refractivity contribution in [1.29, 1.82) is 0 Å². The predicted molar refractivity (Wildman–Crippen MR) is 98.8 cm³/mol. The molecule has 0 spiro atoms. The number of non-ortho nitro benzene ring substituents is 1. The van der Waals surface area contributed by atoms with Crippen molar-refractivity contribution >= 4 is 17.7 Å². The molecular weight excluding hydrogens is 332 g/mol. The summed E-state index contributed by atoms with van der Waals surface area (Å²) in [5.74, 6) is 0.564. The average molecular weight is 352 g/mol. The molecule has 0 bridgehead atoms. The van der Waals surface area contributed by atoms with E-state index < -0.39 is 4.92 Å². The Morgan fingerprint density at radius 3 is 2.62 bits per heavy atom. The van der Waals surface area contributed by atoms with Crippen molar-refractivity contribution in [1.82, 2.24) is 5.32 Å². The Hall–Kier alpha value is -3.15. The zero-order valence-corrected chi connectivity index (χ0v) is 14.6. The average Bonchev–Trinajstić information content (AvgIpc) is 2.59. The molecule has 0 radical (unpaired) electrons. The Morgan fingerprint density at radius 2 is 1.92 bits per heavy atom. The van der Waals surface area contributed by atoms with E-state index >= 15 is 0 Å². The van der Waals surface area contributed by atoms with Gasteiger partial charge in [0.2, 0.25) is 5.91 Å². The summed E-state index contributed by atoms with van der Waals surface area (Å²) < 4.78 is 5.97. The molecule has 134 valence electrons. The molecule has 26 heavy (non-hydrogen) atoms. The number of nitro benzene ring substituents is 1. The van der Waals surface area contributed by atoms with E-state index in [1.165, 1.54) is 18.2 Å². The zero-order chi connectivity index (χ0) is 18.7. The van der Waals surface area contributed by atoms with Crippen LogP contribution in [0.2, 0.25) is 0 Å². The van der Waals surface area contributed by atoms with E-state index in [2.05, 4.69) is 5.32 Å². The molecule has 1 aliphatic heterocycles. The first kappa shape index (κ1) is 17.7. The normalized spacial score (nSPS) is 18.0. The number of rotatable bonds is 4. The molecule has 6 heteroatoms. The predicted octanol–water partition coefficient (Wildman–Crippen LogP) is 4.03. The number of nitrogens with zero attached hydrogens (tertiary/aromatic N) is 1. The summed E-state index contributed by atoms with van der Waals surface area (Å²) in [6.07, 6.45) is 3.74. The van der Waals surface area contributed by atoms with Gasteiger partial charge >= 0.3 is 0 Å². The lowest BCUT2D eigenvalue weighted by Gasteiger charge is -2.37. The van der Waals surface area contributed by atoms with Gasteiger partial charge in [-0.2, -0.15) is 0 Å². The lowest BCUT2D eigenvalue weighted by Crippen LogP contribution is -2.40. The summed E-state index contributed by atoms with van der Waals surface area (Å²) in [6.45, 7) is 3.99. The highest BCUT2D eigenvalue weighted by atomic mass is 16.6. The van der Waals surface area contributed by atoms with Crippen molar-refractivity contribution in [2.75, 3.05) is 0 Å². The third-order valence-corrected chi connectivity index (χ3v) is 4.22. The highest BCUT2D eigenvalue weighted by molar-refractivity contribution is 5.92. The molecule has 1 amide bonds. The zero-order valence-electron chi connectivity index (χ0n) is 14.6. The van der Waals surface area contributed by atoms with Crippen LogP contribution in [0.4, 0.5) is 5.69 Å². The summed E-state index contributed by atoms with van der Waals surface area (Å²) in [5.41, 5.74) is 1.34. The largest absolute Gasteiger partial charge is 0.487 e. The maximum Gasteiger partial charge on any atom is 0.269 e. The van der Waals surface area contributed by atoms with E-state index in [4.69, 9.17) is 4.74 Å². The summed E-state index contributed by atoms with van der Waals surface area (Å²) >= 11 is 0. The quantitative estimate of drug-likeness (QED) is 0.512. The molecule has 0 fully saturated rings. The molecular formula is C20H20N2O4. The summed E-state index contributed by atoms with van der Waals surface area (Å²) in [7, 11) is 0. The highest BCUT2D eigenvalue weighted by Crippen LogP contribution is 2.39. The van der Waals surface area contributed by atoms with Crippen molar-refractivity contribution < 1.29 is 14.5 Å². The SMILES string of the molecule is CC1(C)CC(NC(=O)/C=C/c2ccc([N+](=O)[O-])cc2)c2ccccc2O1. The van der Waals surface area contributed by atoms with Gasteiger partial charge in [-0.3, -0.25) is 14.9 Å². The van der Waals surface area contributed by atoms with Crippen molar-refractivity contribution in [2.45, 2.75) is 31.9 Å². The van der Waals surface area contributed by atoms with Crippen molar-refractivity contribution in [3.63, 3.8) is 0 Å². The second-order valence-electron chi connectivity index (χ2n) is 6.85. The first-order valence-corrected chi connectivity index (χ1v) is 8.35. The third-order valence-electron chi connectivity index (χ3n) is 4.22. The van der Waals surface area contributed by atoms with Crippen LogP contribution in [0.5, 0.6) is 5.75 Å². The van der Waals surface area contributed by atoms with Gasteiger partial charge in [0.05, 0.1) is 11.0 Å². The molecule has 1 atom stereocenters. The van der Waals surface area contributed by atoms with Crippen LogP contribution in [0, 0.1) is 10.1 Å². The summed E-state index contributed by atoms with van der Waals surface area (Å²) in [6, 6.07) is 13.6. The van der Waals surface area contributed by atoms with Crippen LogP contribution in [0.3, 0.4) is 0 Å². The van der Waals surface area contributed by atoms with Gasteiger partial charge in [-0.25, -0.2) is 0 Å². The number of carbonyl (C=O) groups is 1. The highest BCUT2D eigenvalue weighted by Gasteiger charge is 2.33. The Kier molecular flexibility index (Phi) is 4.75. The Bertz CT molecular complexity index is 856. The van der Waals surface area contributed by atoms with E-state index in [0.29, 0.717) is 6.42 Å². The summed E-state index contributed by atoms with van der Waals surface area (Å²) in [4.78, 5) is 22.5. The van der Waals surface area contributed by atoms with E-state index in [0.717, 1.165) is 16.9 Å². The van der Waals surface area contributed by atoms with Gasteiger partial charge < -0.3 is 10.1 Å². The minimum atomic E-state index is -0.454. The molecule has 0 aliphatic carbocycles. The number of fused-ring (bicyclic) bond motifs is 1. The minimum Gasteiger partial charge on any atom is -0.487 e. The Balaban J connectivity index is 1.70. The van der Waals surface area contributed by atoms with Gasteiger partial charge in [0, 0.05) is 30.2 Å². The van der Waals surface area contributed by atoms with Crippen LogP contribution in [0.25, 0.3) is 6.08 Å². The fourth-order valence-corrected chi connectivity index (χ4v) is 3.03. The number of para-hydroxylation sites is 1. The third kappa shape index (κ3) is 4.08. The van der Waals surface area contributed by atoms with Gasteiger partial charge in [-0.1, -0.05) is 18.2 Å². The lowest BCUT2D eigenvalue weighted by molar-refractivity contribution is -0.384. The topological polar surface area (TPSA) is 81.5 Å². The maximum atomic E-state index is 12.3. The standard InChI is InChI=1S/C20H20N2O4/c1-20(2)13-17(16-5-3-4-6-18(16)26-20)21-19(23)12-9-14-7-10-15(11-8-14)22(24)25/h3-12,17H,13H2,1-2H3,(H,21,23)/b12-9+. The molecule has 3 rings (SSSR count). The molecule has 0 saturated heterocycles. The molecule has 1 aliphatic rings. The Morgan fingerprint density at radius 1 is 1.23 bits per heavy atom. The molecule has 1 N–H and O–H groups in total. The molecule has 2 aromatic carbocycles. The monoisotopic (exact) mass is 352 g/mol. The van der Waals surface area contributed by atoms with Crippen LogP contribution < -0.4 is 10.1 Å². The van der Waals surface area contributed by atoms with E-state index in [9.17, 15) is 14.9 Å². The number of hydrogen-bond donors (Lipinski definition) is 1. The van der Waals surface area contributed by atoms with Gasteiger partial charge in [-0.05, 0) is 43.7 Å². The van der Waals surface area contributed by atoms with Crippen LogP contribution in [0.15, 0.2) is 54.6 Å². The fourth-order valence-electron chi connectivity index (χ4n) is 3.03. The number of carbonyl (C=O) groups excluding carboxylic acids is 1. The van der Waals surface area contributed by atoms with E-state index in [1.807, 2.05) is 38.1 Å². The fraction of sp³-hybridized carbons (Fsp3) is 0.250. The molecule has 0 saturated carbocycles. The van der Waals surface area contributed by atoms with Gasteiger partial charge in [-0.15, -0.1) is 0 Å². The van der Waals surface area contributed by atoms with Crippen LogP contribution in [-0.2, 0) is 4.79 Å². The van der Waals surface area contributed by atoms with E-state index in [-0.39, 0.29) is 23.2 Å². The first-order valence-electron chi connectivity index (χ1n) is 8.35. The second-order valence-corrected chi connectivity index (χ2v) is 6.85. The minimum absolute atomic E-state index is 0.0210. The number of hydrogen-bond acceptors (Lipinski definition) is 4. The smallest absolute Gasteiger partial charge is 0.269 e. The molecule has 0 aromatic heterocycles. The number of nitro groups is 1. The van der Waals surface area contributed by atoms with Crippen LogP contribution in [-0.4, -0.2) is 16.4 Å². The molecule has 2 aromatic rings. The molecule has 1 heterocycles. The van der Waals surface area contributed by atoms with Crippen LogP contribution >= 0.6 is 0 Å². The first-order chi connectivity index (χ1) is 12.3. The second kappa shape index (κ2) is 7.00. The number of ether oxygens (including phenoxy) is 1. The van der Waals surface area contributed by atoms with E-state index in [1.54, 1.807) is 18.2 Å². The summed E-state index contributed by atoms with van der Waals surface area (Å²) in [5, 5.41) is 13.7. The number of nitrogens with one attached hydrogen (secondary N) is 1. The van der Waals surface area contributed by atoms with Crippen molar-refractivity contribution in [3.05, 3.63) is 75.8 Å². The lowest BCUT2D eigenvalue weighted by atomic mass is 9.89. The van der Waals surface area contributed by atoms with Gasteiger partial charge in [0.15, 0.2) is 0 Å². The molecule has 1 unspecified atom stereocenters. The number of benzene rings is 2. The van der Waals surface area contributed by atoms with Gasteiger partial charge in [0.25, 0.3) is 5.69 Å².